The van der Waals surface area contributed by atoms with Gasteiger partial charge in [-0.05, 0) is 142 Å². The van der Waals surface area contributed by atoms with Crippen LogP contribution in [0.5, 0.6) is 0 Å². The Bertz CT molecular complexity index is 3130. The fourth-order valence-electron chi connectivity index (χ4n) is 11.6. The van der Waals surface area contributed by atoms with Crippen LogP contribution in [0.2, 0.25) is 0 Å². The molecule has 2 aromatic heterocycles. The number of benzene rings is 6. The molecular weight excluding hydrogens is 764 g/mol. The summed E-state index contributed by atoms with van der Waals surface area (Å²) >= 11 is 4.12. The molecule has 0 unspecified atom stereocenters. The molecule has 2 aliphatic carbocycles. The molecule has 0 fully saturated rings. The number of hydrogen-bond donors (Lipinski definition) is 0. The van der Waals surface area contributed by atoms with Crippen molar-refractivity contribution in [3.8, 4) is 0 Å². The molecule has 0 radical (unpaired) electrons. The largest absolute Gasteiger partial charge is 0.310 e. The first-order valence-electron chi connectivity index (χ1n) is 22.1. The molecule has 4 heterocycles. The van der Waals surface area contributed by atoms with Crippen LogP contribution in [0, 0.1) is 6.92 Å². The third kappa shape index (κ3) is 5.00. The van der Waals surface area contributed by atoms with Gasteiger partial charge in [0.25, 0.3) is 6.71 Å². The van der Waals surface area contributed by atoms with Crippen LogP contribution in [0.25, 0.3) is 30.9 Å². The lowest BCUT2D eigenvalue weighted by Crippen LogP contribution is -2.59. The number of nitrogens with zero attached hydrogens (tertiary/aromatic N) is 2. The second-order valence-corrected chi connectivity index (χ2v) is 23.3. The maximum absolute atomic E-state index is 2.68. The summed E-state index contributed by atoms with van der Waals surface area (Å²) in [5, 5.41) is 5.37. The van der Waals surface area contributed by atoms with Gasteiger partial charge in [-0.2, -0.15) is 0 Å². The van der Waals surface area contributed by atoms with Gasteiger partial charge < -0.3 is 9.80 Å². The Morgan fingerprint density at radius 2 is 0.933 bits per heavy atom. The van der Waals surface area contributed by atoms with E-state index in [9.17, 15) is 0 Å². The summed E-state index contributed by atoms with van der Waals surface area (Å²) in [5.41, 5.74) is 17.1. The van der Waals surface area contributed by atoms with Crippen molar-refractivity contribution in [3.05, 3.63) is 137 Å². The van der Waals surface area contributed by atoms with Crippen molar-refractivity contribution in [2.75, 3.05) is 9.80 Å². The molecule has 60 heavy (non-hydrogen) atoms. The second-order valence-electron chi connectivity index (χ2n) is 21.1. The van der Waals surface area contributed by atoms with E-state index in [1.165, 1.54) is 134 Å². The van der Waals surface area contributed by atoms with E-state index in [4.69, 9.17) is 0 Å². The fourth-order valence-corrected chi connectivity index (χ4v) is 14.4. The van der Waals surface area contributed by atoms with Gasteiger partial charge in [0.2, 0.25) is 0 Å². The van der Waals surface area contributed by atoms with Crippen molar-refractivity contribution < 1.29 is 0 Å². The minimum absolute atomic E-state index is 0.0946. The fraction of sp³-hybridized carbons (Fsp3) is 0.309. The Labute approximate surface area is 364 Å². The maximum Gasteiger partial charge on any atom is 0.277 e. The van der Waals surface area contributed by atoms with Gasteiger partial charge in [-0.1, -0.05) is 116 Å². The van der Waals surface area contributed by atoms with Crippen LogP contribution in [-0.2, 0) is 21.7 Å². The lowest BCUT2D eigenvalue weighted by Gasteiger charge is -2.43. The Morgan fingerprint density at radius 1 is 0.467 bits per heavy atom. The van der Waals surface area contributed by atoms with E-state index >= 15 is 0 Å². The Kier molecular flexibility index (Phi) is 7.50. The number of para-hydroxylation sites is 1. The van der Waals surface area contributed by atoms with E-state index in [1.807, 2.05) is 0 Å². The van der Waals surface area contributed by atoms with Crippen molar-refractivity contribution >= 4 is 109 Å². The first-order valence-corrected chi connectivity index (χ1v) is 23.8. The third-order valence-electron chi connectivity index (χ3n) is 15.4. The summed E-state index contributed by atoms with van der Waals surface area (Å²) in [6.07, 6.45) is 4.82. The van der Waals surface area contributed by atoms with Gasteiger partial charge in [-0.15, -0.1) is 22.7 Å². The Morgan fingerprint density at radius 3 is 1.48 bits per heavy atom. The van der Waals surface area contributed by atoms with Crippen LogP contribution in [0.3, 0.4) is 0 Å². The van der Waals surface area contributed by atoms with E-state index in [0.717, 1.165) is 0 Å². The van der Waals surface area contributed by atoms with Gasteiger partial charge in [0.1, 0.15) is 0 Å². The predicted octanol–water partition coefficient (Wildman–Crippen LogP) is 14.4. The third-order valence-corrected chi connectivity index (χ3v) is 17.8. The topological polar surface area (TPSA) is 6.48 Å². The molecule has 6 aromatic carbocycles. The highest BCUT2D eigenvalue weighted by molar-refractivity contribution is 7.40. The maximum atomic E-state index is 2.68. The summed E-state index contributed by atoms with van der Waals surface area (Å²) in [7, 11) is 0. The average molecular weight is 817 g/mol. The van der Waals surface area contributed by atoms with Gasteiger partial charge in [0.15, 0.2) is 0 Å². The summed E-state index contributed by atoms with van der Waals surface area (Å²) in [4.78, 5) is 5.34. The molecule has 0 N–H and O–H groups in total. The molecule has 0 saturated carbocycles. The highest BCUT2D eigenvalue weighted by Gasteiger charge is 2.49. The molecule has 5 heteroatoms. The summed E-state index contributed by atoms with van der Waals surface area (Å²) in [5.74, 6) is 0. The molecule has 12 rings (SSSR count). The van der Waals surface area contributed by atoms with E-state index in [1.54, 1.807) is 0 Å². The SMILES string of the molecule is Cc1ccc(N2c3cc4ccccc4c4c3B(c3sc5cc6c(cc5c32)C(C)(C)CCC6(C)C)c2sc3cc5c(cc3c2N4c2ccccc2)C(C)(C)CCC5(C)C)cc1. The van der Waals surface area contributed by atoms with Gasteiger partial charge in [-0.25, -0.2) is 0 Å². The molecule has 2 nitrogen and oxygen atoms in total. The van der Waals surface area contributed by atoms with Crippen LogP contribution in [-0.4, -0.2) is 6.71 Å². The zero-order chi connectivity index (χ0) is 41.2. The number of thiophene rings is 2. The quantitative estimate of drug-likeness (QED) is 0.160. The first-order chi connectivity index (χ1) is 28.6. The average Bonchev–Trinajstić information content (AvgIpc) is 3.79. The van der Waals surface area contributed by atoms with Crippen molar-refractivity contribution in [1.29, 1.82) is 0 Å². The van der Waals surface area contributed by atoms with E-state index in [0.29, 0.717) is 0 Å². The van der Waals surface area contributed by atoms with Crippen molar-refractivity contribution in [3.63, 3.8) is 0 Å². The van der Waals surface area contributed by atoms with E-state index in [2.05, 4.69) is 204 Å². The summed E-state index contributed by atoms with van der Waals surface area (Å²) in [6.45, 7) is 22.1. The minimum atomic E-state index is 0.0946. The number of rotatable bonds is 2. The van der Waals surface area contributed by atoms with Gasteiger partial charge in [-0.3, -0.25) is 0 Å². The van der Waals surface area contributed by atoms with Gasteiger partial charge >= 0.3 is 0 Å². The monoisotopic (exact) mass is 816 g/mol. The Balaban J connectivity index is 1.26. The first kappa shape index (κ1) is 37.0. The van der Waals surface area contributed by atoms with Crippen LogP contribution < -0.4 is 24.8 Å². The van der Waals surface area contributed by atoms with Crippen molar-refractivity contribution in [1.82, 2.24) is 0 Å². The highest BCUT2D eigenvalue weighted by Crippen LogP contribution is 2.56. The summed E-state index contributed by atoms with van der Waals surface area (Å²) < 4.78 is 5.76. The molecule has 0 spiro atoms. The van der Waals surface area contributed by atoms with Crippen LogP contribution >= 0.6 is 22.7 Å². The standard InChI is InChI=1S/C55H53BN2S2/c1-32-19-21-35(22-20-32)57-43-27-33-15-13-14-18-36(33)47-46(43)56(50-48(57)37-28-39-41(30-44(37)59-50)54(6,7)25-23-52(39,2)3)51-49(58(47)34-16-11-10-12-17-34)38-29-40-42(31-45(38)60-51)55(8,9)26-24-53(40,4)5/h10-22,27-31H,23-26H2,1-9H3. The highest BCUT2D eigenvalue weighted by atomic mass is 32.1. The molecule has 4 aliphatic rings. The van der Waals surface area contributed by atoms with Crippen molar-refractivity contribution in [2.45, 2.75) is 110 Å². The van der Waals surface area contributed by atoms with Crippen LogP contribution in [0.4, 0.5) is 34.1 Å². The van der Waals surface area contributed by atoms with Crippen LogP contribution in [0.15, 0.2) is 109 Å². The number of anilines is 6. The molecule has 0 bridgehead atoms. The van der Waals surface area contributed by atoms with Crippen LogP contribution in [0.1, 0.15) is 109 Å². The number of aryl methyl sites for hydroxylation is 1. The van der Waals surface area contributed by atoms with Gasteiger partial charge in [0.05, 0.1) is 17.1 Å². The minimum Gasteiger partial charge on any atom is -0.310 e. The molecule has 2 aliphatic heterocycles. The molecule has 298 valence electrons. The van der Waals surface area contributed by atoms with E-state index < -0.39 is 0 Å². The zero-order valence-electron chi connectivity index (χ0n) is 36.5. The molecule has 8 aromatic rings. The van der Waals surface area contributed by atoms with E-state index in [-0.39, 0.29) is 28.4 Å². The second kappa shape index (κ2) is 12.2. The predicted molar refractivity (Wildman–Crippen MR) is 264 cm³/mol. The van der Waals surface area contributed by atoms with Gasteiger partial charge in [0, 0.05) is 52.2 Å². The number of hydrogen-bond acceptors (Lipinski definition) is 4. The smallest absolute Gasteiger partial charge is 0.277 e. The summed E-state index contributed by atoms with van der Waals surface area (Å²) in [6, 6.07) is 42.7. The molecule has 0 amide bonds. The number of fused-ring (bicyclic) bond motifs is 12. The molecule has 0 atom stereocenters. The van der Waals surface area contributed by atoms with Crippen molar-refractivity contribution in [2.24, 2.45) is 0 Å². The normalized spacial score (nSPS) is 18.9. The molecular formula is C55H53BN2S2. The lowest BCUT2D eigenvalue weighted by molar-refractivity contribution is 0.332. The Hall–Kier alpha value is -4.84. The lowest BCUT2D eigenvalue weighted by atomic mass is 9.39. The molecule has 0 saturated heterocycles. The zero-order valence-corrected chi connectivity index (χ0v) is 38.1.